The van der Waals surface area contributed by atoms with Crippen LogP contribution in [0.15, 0.2) is 24.3 Å². The average molecular weight is 286 g/mol. The molecule has 1 aliphatic carbocycles. The number of hydrogen-bond acceptors (Lipinski definition) is 1. The quantitative estimate of drug-likeness (QED) is 0.847. The smallest absolute Gasteiger partial charge is 0.251 e. The van der Waals surface area contributed by atoms with Gasteiger partial charge in [-0.05, 0) is 43.0 Å². The molecule has 16 heavy (non-hydrogen) atoms. The summed E-state index contributed by atoms with van der Waals surface area (Å²) in [5, 5.41) is 2.83. The summed E-state index contributed by atoms with van der Waals surface area (Å²) in [5.41, 5.74) is 0.497. The Kier molecular flexibility index (Phi) is 3.59. The minimum atomic E-state index is -0.326. The molecule has 1 saturated carbocycles. The normalized spacial score (nSPS) is 16.9. The Balaban J connectivity index is 1.85. The standard InChI is InChI=1S/C12H13BrFNO/c13-11(8-1-2-8)7-15-12(16)9-3-5-10(14)6-4-9/h3-6,8,11H,1-2,7H2,(H,15,16). The summed E-state index contributed by atoms with van der Waals surface area (Å²) in [6, 6.07) is 5.57. The summed E-state index contributed by atoms with van der Waals surface area (Å²) in [6.45, 7) is 0.626. The molecule has 1 amide bonds. The van der Waals surface area contributed by atoms with E-state index < -0.39 is 0 Å². The van der Waals surface area contributed by atoms with Gasteiger partial charge in [0.2, 0.25) is 0 Å². The van der Waals surface area contributed by atoms with E-state index in [2.05, 4.69) is 21.2 Å². The van der Waals surface area contributed by atoms with Gasteiger partial charge in [0.05, 0.1) is 0 Å². The van der Waals surface area contributed by atoms with E-state index in [9.17, 15) is 9.18 Å². The molecule has 1 aromatic rings. The van der Waals surface area contributed by atoms with Crippen LogP contribution in [0, 0.1) is 11.7 Å². The van der Waals surface area contributed by atoms with Crippen molar-refractivity contribution in [2.75, 3.05) is 6.54 Å². The predicted octanol–water partition coefficient (Wildman–Crippen LogP) is 2.73. The maximum absolute atomic E-state index is 12.6. The minimum absolute atomic E-state index is 0.148. The molecule has 1 unspecified atom stereocenters. The lowest BCUT2D eigenvalue weighted by molar-refractivity contribution is 0.0953. The van der Waals surface area contributed by atoms with E-state index in [-0.39, 0.29) is 11.7 Å². The molecule has 0 spiro atoms. The first kappa shape index (κ1) is 11.6. The van der Waals surface area contributed by atoms with Crippen LogP contribution in [0.1, 0.15) is 23.2 Å². The largest absolute Gasteiger partial charge is 0.351 e. The van der Waals surface area contributed by atoms with Crippen LogP contribution in [0.4, 0.5) is 4.39 Å². The molecule has 0 aliphatic heterocycles. The Labute approximate surface area is 102 Å². The van der Waals surface area contributed by atoms with Gasteiger partial charge in [-0.3, -0.25) is 4.79 Å². The van der Waals surface area contributed by atoms with E-state index in [1.165, 1.54) is 37.1 Å². The summed E-state index contributed by atoms with van der Waals surface area (Å²) in [4.78, 5) is 12.0. The summed E-state index contributed by atoms with van der Waals surface area (Å²) in [5.74, 6) is 0.228. The molecule has 1 aromatic carbocycles. The SMILES string of the molecule is O=C(NCC(Br)C1CC1)c1ccc(F)cc1. The highest BCUT2D eigenvalue weighted by Gasteiger charge is 2.29. The summed E-state index contributed by atoms with van der Waals surface area (Å²) < 4.78 is 12.6. The van der Waals surface area contributed by atoms with Crippen molar-refractivity contribution >= 4 is 21.8 Å². The Morgan fingerprint density at radius 3 is 2.62 bits per heavy atom. The van der Waals surface area contributed by atoms with E-state index in [0.717, 1.165) is 0 Å². The van der Waals surface area contributed by atoms with E-state index >= 15 is 0 Å². The number of amides is 1. The molecule has 1 aliphatic rings. The van der Waals surface area contributed by atoms with Gasteiger partial charge in [0.1, 0.15) is 5.82 Å². The third kappa shape index (κ3) is 3.04. The highest BCUT2D eigenvalue weighted by molar-refractivity contribution is 9.09. The van der Waals surface area contributed by atoms with Crippen molar-refractivity contribution in [2.24, 2.45) is 5.92 Å². The molecular weight excluding hydrogens is 273 g/mol. The molecule has 0 saturated heterocycles. The van der Waals surface area contributed by atoms with Gasteiger partial charge in [0.25, 0.3) is 5.91 Å². The molecule has 2 rings (SSSR count). The first-order chi connectivity index (χ1) is 7.66. The Hall–Kier alpha value is -0.900. The fourth-order valence-electron chi connectivity index (χ4n) is 1.52. The lowest BCUT2D eigenvalue weighted by Gasteiger charge is -2.09. The summed E-state index contributed by atoms with van der Waals surface area (Å²) >= 11 is 3.54. The first-order valence-electron chi connectivity index (χ1n) is 5.34. The molecule has 0 bridgehead atoms. The fraction of sp³-hybridized carbons (Fsp3) is 0.417. The predicted molar refractivity (Wildman–Crippen MR) is 64.2 cm³/mol. The number of benzene rings is 1. The van der Waals surface area contributed by atoms with Gasteiger partial charge in [-0.1, -0.05) is 15.9 Å². The highest BCUT2D eigenvalue weighted by Crippen LogP contribution is 2.36. The van der Waals surface area contributed by atoms with Crippen LogP contribution in [-0.2, 0) is 0 Å². The lowest BCUT2D eigenvalue weighted by Crippen LogP contribution is -2.30. The van der Waals surface area contributed by atoms with Crippen LogP contribution in [0.25, 0.3) is 0 Å². The molecule has 2 nitrogen and oxygen atoms in total. The summed E-state index contributed by atoms with van der Waals surface area (Å²) in [6.07, 6.45) is 2.48. The van der Waals surface area contributed by atoms with Crippen LogP contribution in [0.2, 0.25) is 0 Å². The topological polar surface area (TPSA) is 29.1 Å². The Bertz CT molecular complexity index is 375. The number of halogens is 2. The van der Waals surface area contributed by atoms with E-state index in [4.69, 9.17) is 0 Å². The maximum Gasteiger partial charge on any atom is 0.251 e. The van der Waals surface area contributed by atoms with Gasteiger partial charge in [-0.2, -0.15) is 0 Å². The maximum atomic E-state index is 12.6. The third-order valence-corrected chi connectivity index (χ3v) is 3.77. The van der Waals surface area contributed by atoms with Crippen molar-refractivity contribution in [2.45, 2.75) is 17.7 Å². The zero-order valence-corrected chi connectivity index (χ0v) is 10.3. The second-order valence-electron chi connectivity index (χ2n) is 4.07. The van der Waals surface area contributed by atoms with Crippen molar-refractivity contribution in [1.29, 1.82) is 0 Å². The van der Waals surface area contributed by atoms with Crippen molar-refractivity contribution in [3.63, 3.8) is 0 Å². The molecular formula is C12H13BrFNO. The lowest BCUT2D eigenvalue weighted by atomic mass is 10.2. The summed E-state index contributed by atoms with van der Waals surface area (Å²) in [7, 11) is 0. The molecule has 86 valence electrons. The average Bonchev–Trinajstić information content (AvgIpc) is 3.10. The van der Waals surface area contributed by atoms with Gasteiger partial charge >= 0.3 is 0 Å². The molecule has 1 N–H and O–H groups in total. The number of hydrogen-bond donors (Lipinski definition) is 1. The number of carbonyl (C=O) groups excluding carboxylic acids is 1. The van der Waals surface area contributed by atoms with Gasteiger partial charge in [-0.25, -0.2) is 4.39 Å². The molecule has 1 atom stereocenters. The van der Waals surface area contributed by atoms with E-state index in [1.54, 1.807) is 0 Å². The molecule has 1 fully saturated rings. The van der Waals surface area contributed by atoms with Crippen molar-refractivity contribution in [3.05, 3.63) is 35.6 Å². The molecule has 0 aromatic heterocycles. The number of nitrogens with one attached hydrogen (secondary N) is 1. The number of rotatable bonds is 4. The van der Waals surface area contributed by atoms with Gasteiger partial charge in [-0.15, -0.1) is 0 Å². The van der Waals surface area contributed by atoms with Crippen LogP contribution >= 0.6 is 15.9 Å². The Morgan fingerprint density at radius 2 is 2.06 bits per heavy atom. The van der Waals surface area contributed by atoms with Gasteiger partial charge in [0, 0.05) is 16.9 Å². The van der Waals surface area contributed by atoms with Gasteiger partial charge < -0.3 is 5.32 Å². The van der Waals surface area contributed by atoms with Crippen LogP contribution in [0.3, 0.4) is 0 Å². The van der Waals surface area contributed by atoms with Crippen LogP contribution < -0.4 is 5.32 Å². The molecule has 0 heterocycles. The minimum Gasteiger partial charge on any atom is -0.351 e. The monoisotopic (exact) mass is 285 g/mol. The first-order valence-corrected chi connectivity index (χ1v) is 6.26. The second kappa shape index (κ2) is 4.95. The zero-order valence-electron chi connectivity index (χ0n) is 8.75. The number of alkyl halides is 1. The zero-order chi connectivity index (χ0) is 11.5. The van der Waals surface area contributed by atoms with Crippen LogP contribution in [-0.4, -0.2) is 17.3 Å². The third-order valence-electron chi connectivity index (χ3n) is 2.70. The molecule has 4 heteroatoms. The van der Waals surface area contributed by atoms with Gasteiger partial charge in [0.15, 0.2) is 0 Å². The van der Waals surface area contributed by atoms with Crippen molar-refractivity contribution in [3.8, 4) is 0 Å². The highest BCUT2D eigenvalue weighted by atomic mass is 79.9. The molecule has 0 radical (unpaired) electrons. The van der Waals surface area contributed by atoms with E-state index in [0.29, 0.717) is 22.9 Å². The van der Waals surface area contributed by atoms with Crippen molar-refractivity contribution < 1.29 is 9.18 Å². The fourth-order valence-corrected chi connectivity index (χ4v) is 2.21. The van der Waals surface area contributed by atoms with Crippen molar-refractivity contribution in [1.82, 2.24) is 5.32 Å². The second-order valence-corrected chi connectivity index (χ2v) is 5.25. The van der Waals surface area contributed by atoms with Crippen LogP contribution in [0.5, 0.6) is 0 Å². The van der Waals surface area contributed by atoms with E-state index in [1.807, 2.05) is 0 Å². The number of carbonyl (C=O) groups is 1. The Morgan fingerprint density at radius 1 is 1.44 bits per heavy atom.